The van der Waals surface area contributed by atoms with E-state index in [2.05, 4.69) is 31.3 Å². The number of fused-ring (bicyclic) bond motifs is 1. The Morgan fingerprint density at radius 1 is 1.35 bits per heavy atom. The lowest BCUT2D eigenvalue weighted by molar-refractivity contribution is 0.374. The Bertz CT molecular complexity index is 653. The molecule has 20 heavy (non-hydrogen) atoms. The van der Waals surface area contributed by atoms with Gasteiger partial charge >= 0.3 is 0 Å². The maximum atomic E-state index is 9.18. The topological polar surface area (TPSA) is 49.0 Å². The number of nitrogens with zero attached hydrogens (tertiary/aromatic N) is 1. The summed E-state index contributed by atoms with van der Waals surface area (Å²) in [5.74, 6) is 1.14. The van der Waals surface area contributed by atoms with Crippen molar-refractivity contribution in [3.05, 3.63) is 35.6 Å². The van der Waals surface area contributed by atoms with Crippen LogP contribution in [0.2, 0.25) is 0 Å². The van der Waals surface area contributed by atoms with Crippen LogP contribution in [0.15, 0.2) is 28.7 Å². The number of hydrogen-bond donors (Lipinski definition) is 1. The van der Waals surface area contributed by atoms with Crippen molar-refractivity contribution in [2.75, 3.05) is 0 Å². The lowest BCUT2D eigenvalue weighted by Crippen LogP contribution is -2.34. The zero-order valence-corrected chi connectivity index (χ0v) is 12.0. The van der Waals surface area contributed by atoms with Crippen molar-refractivity contribution < 1.29 is 4.42 Å². The monoisotopic (exact) mass is 268 g/mol. The average molecular weight is 268 g/mol. The van der Waals surface area contributed by atoms with E-state index in [0.29, 0.717) is 6.04 Å². The molecule has 1 heterocycles. The third-order valence-corrected chi connectivity index (χ3v) is 4.42. The first kappa shape index (κ1) is 13.2. The molecule has 0 bridgehead atoms. The summed E-state index contributed by atoms with van der Waals surface area (Å²) < 4.78 is 5.99. The van der Waals surface area contributed by atoms with Crippen LogP contribution in [0.25, 0.3) is 11.0 Å². The SMILES string of the molecule is Cc1c(C(C)NC2CCCC2C#N)oc2ccccc12. The van der Waals surface area contributed by atoms with Crippen LogP contribution in [0.5, 0.6) is 0 Å². The molecule has 1 aromatic heterocycles. The number of aryl methyl sites for hydroxylation is 1. The number of nitrogens with one attached hydrogen (secondary N) is 1. The highest BCUT2D eigenvalue weighted by Gasteiger charge is 2.29. The number of rotatable bonds is 3. The standard InChI is InChI=1S/C17H20N2O/c1-11-14-7-3-4-9-16(14)20-17(11)12(2)19-15-8-5-6-13(15)10-18/h3-4,7,9,12-13,15,19H,5-6,8H2,1-2H3. The molecule has 1 N–H and O–H groups in total. The molecule has 104 valence electrons. The second kappa shape index (κ2) is 5.30. The van der Waals surface area contributed by atoms with Crippen LogP contribution in [0.1, 0.15) is 43.6 Å². The summed E-state index contributed by atoms with van der Waals surface area (Å²) in [6.07, 6.45) is 3.24. The third-order valence-electron chi connectivity index (χ3n) is 4.42. The van der Waals surface area contributed by atoms with Crippen LogP contribution in [-0.4, -0.2) is 6.04 Å². The molecular weight excluding hydrogens is 248 g/mol. The van der Waals surface area contributed by atoms with Crippen molar-refractivity contribution in [1.82, 2.24) is 5.32 Å². The minimum absolute atomic E-state index is 0.140. The van der Waals surface area contributed by atoms with Gasteiger partial charge in [0.15, 0.2) is 0 Å². The van der Waals surface area contributed by atoms with Gasteiger partial charge in [-0.1, -0.05) is 24.6 Å². The van der Waals surface area contributed by atoms with E-state index < -0.39 is 0 Å². The fourth-order valence-electron chi connectivity index (χ4n) is 3.32. The van der Waals surface area contributed by atoms with E-state index in [-0.39, 0.29) is 12.0 Å². The highest BCUT2D eigenvalue weighted by molar-refractivity contribution is 5.82. The molecule has 1 aliphatic carbocycles. The van der Waals surface area contributed by atoms with Gasteiger partial charge in [0.05, 0.1) is 18.0 Å². The Labute approximate surface area is 119 Å². The highest BCUT2D eigenvalue weighted by Crippen LogP contribution is 2.32. The maximum absolute atomic E-state index is 9.18. The van der Waals surface area contributed by atoms with Crippen molar-refractivity contribution in [3.8, 4) is 6.07 Å². The summed E-state index contributed by atoms with van der Waals surface area (Å²) in [5.41, 5.74) is 2.14. The normalized spacial score (nSPS) is 23.9. The zero-order valence-electron chi connectivity index (χ0n) is 12.0. The summed E-state index contributed by atoms with van der Waals surface area (Å²) in [6, 6.07) is 11.0. The van der Waals surface area contributed by atoms with Gasteiger partial charge in [0.1, 0.15) is 11.3 Å². The van der Waals surface area contributed by atoms with E-state index in [1.165, 1.54) is 10.9 Å². The quantitative estimate of drug-likeness (QED) is 0.912. The summed E-state index contributed by atoms with van der Waals surface area (Å²) in [5, 5.41) is 13.9. The van der Waals surface area contributed by atoms with Crippen LogP contribution in [-0.2, 0) is 0 Å². The Balaban J connectivity index is 1.84. The number of nitriles is 1. The van der Waals surface area contributed by atoms with E-state index in [4.69, 9.17) is 4.42 Å². The first-order valence-electron chi connectivity index (χ1n) is 7.34. The first-order valence-corrected chi connectivity index (χ1v) is 7.34. The van der Waals surface area contributed by atoms with Crippen LogP contribution in [0.3, 0.4) is 0 Å². The van der Waals surface area contributed by atoms with Crippen LogP contribution < -0.4 is 5.32 Å². The summed E-state index contributed by atoms with van der Waals surface area (Å²) in [4.78, 5) is 0. The Hall–Kier alpha value is -1.79. The average Bonchev–Trinajstić information content (AvgIpc) is 3.04. The number of benzene rings is 1. The molecule has 1 aliphatic rings. The molecule has 0 radical (unpaired) electrons. The van der Waals surface area contributed by atoms with Crippen molar-refractivity contribution in [2.45, 2.75) is 45.2 Å². The molecule has 3 nitrogen and oxygen atoms in total. The lowest BCUT2D eigenvalue weighted by Gasteiger charge is -2.20. The Morgan fingerprint density at radius 2 is 2.15 bits per heavy atom. The largest absolute Gasteiger partial charge is 0.459 e. The van der Waals surface area contributed by atoms with Gasteiger partial charge in [0, 0.05) is 11.4 Å². The summed E-state index contributed by atoms with van der Waals surface area (Å²) in [6.45, 7) is 4.23. The van der Waals surface area contributed by atoms with Gasteiger partial charge < -0.3 is 9.73 Å². The molecule has 1 aromatic carbocycles. The Morgan fingerprint density at radius 3 is 2.90 bits per heavy atom. The van der Waals surface area contributed by atoms with Gasteiger partial charge in [0.2, 0.25) is 0 Å². The Kier molecular flexibility index (Phi) is 3.50. The predicted molar refractivity (Wildman–Crippen MR) is 79.2 cm³/mol. The second-order valence-corrected chi connectivity index (χ2v) is 5.75. The molecular formula is C17H20N2O. The summed E-state index contributed by atoms with van der Waals surface area (Å²) in [7, 11) is 0. The van der Waals surface area contributed by atoms with E-state index >= 15 is 0 Å². The molecule has 3 atom stereocenters. The first-order chi connectivity index (χ1) is 9.70. The fraction of sp³-hybridized carbons (Fsp3) is 0.471. The van der Waals surface area contributed by atoms with Crippen LogP contribution in [0, 0.1) is 24.2 Å². The van der Waals surface area contributed by atoms with E-state index in [9.17, 15) is 5.26 Å². The molecule has 3 unspecified atom stereocenters. The van der Waals surface area contributed by atoms with E-state index in [0.717, 1.165) is 30.6 Å². The molecule has 0 saturated heterocycles. The highest BCUT2D eigenvalue weighted by atomic mass is 16.3. The zero-order chi connectivity index (χ0) is 14.1. The smallest absolute Gasteiger partial charge is 0.134 e. The molecule has 1 saturated carbocycles. The molecule has 0 aliphatic heterocycles. The molecule has 1 fully saturated rings. The van der Waals surface area contributed by atoms with Crippen molar-refractivity contribution in [3.63, 3.8) is 0 Å². The van der Waals surface area contributed by atoms with Crippen molar-refractivity contribution in [2.24, 2.45) is 5.92 Å². The number of furan rings is 1. The van der Waals surface area contributed by atoms with Crippen LogP contribution in [0.4, 0.5) is 0 Å². The molecule has 0 amide bonds. The van der Waals surface area contributed by atoms with Gasteiger partial charge in [-0.15, -0.1) is 0 Å². The lowest BCUT2D eigenvalue weighted by atomic mass is 10.0. The van der Waals surface area contributed by atoms with Crippen molar-refractivity contribution >= 4 is 11.0 Å². The van der Waals surface area contributed by atoms with E-state index in [1.54, 1.807) is 0 Å². The fourth-order valence-corrected chi connectivity index (χ4v) is 3.32. The van der Waals surface area contributed by atoms with Crippen molar-refractivity contribution in [1.29, 1.82) is 5.26 Å². The van der Waals surface area contributed by atoms with Gasteiger partial charge in [-0.25, -0.2) is 0 Å². The molecule has 3 rings (SSSR count). The minimum Gasteiger partial charge on any atom is -0.459 e. The molecule has 2 aromatic rings. The molecule has 3 heteroatoms. The number of para-hydroxylation sites is 1. The summed E-state index contributed by atoms with van der Waals surface area (Å²) >= 11 is 0. The van der Waals surface area contributed by atoms with Gasteiger partial charge in [-0.05, 0) is 38.3 Å². The van der Waals surface area contributed by atoms with E-state index in [1.807, 2.05) is 18.2 Å². The second-order valence-electron chi connectivity index (χ2n) is 5.75. The number of hydrogen-bond acceptors (Lipinski definition) is 3. The van der Waals surface area contributed by atoms with Crippen LogP contribution >= 0.6 is 0 Å². The maximum Gasteiger partial charge on any atom is 0.134 e. The molecule has 0 spiro atoms. The predicted octanol–water partition coefficient (Wildman–Crippen LogP) is 4.08. The minimum atomic E-state index is 0.140. The van der Waals surface area contributed by atoms with Gasteiger partial charge in [-0.3, -0.25) is 0 Å². The third kappa shape index (κ3) is 2.21. The van der Waals surface area contributed by atoms with Gasteiger partial charge in [-0.2, -0.15) is 5.26 Å². The van der Waals surface area contributed by atoms with Gasteiger partial charge in [0.25, 0.3) is 0 Å².